The molecule has 38 heavy (non-hydrogen) atoms. The van der Waals surface area contributed by atoms with Crippen LogP contribution in [0.1, 0.15) is 55.4 Å². The van der Waals surface area contributed by atoms with Gasteiger partial charge in [-0.05, 0) is 47.9 Å². The monoisotopic (exact) mass is 537 g/mol. The first kappa shape index (κ1) is 24.7. The first-order valence-corrected chi connectivity index (χ1v) is 14.3. The number of benzene rings is 1. The molecule has 0 aliphatic heterocycles. The summed E-state index contributed by atoms with van der Waals surface area (Å²) >= 11 is 0. The highest BCUT2D eigenvalue weighted by Crippen LogP contribution is 2.69. The Bertz CT molecular complexity index is 1670. The van der Waals surface area contributed by atoms with Crippen molar-refractivity contribution in [1.29, 1.82) is 0 Å². The molecule has 2 aliphatic rings. The van der Waals surface area contributed by atoms with Crippen molar-refractivity contribution in [2.75, 3.05) is 12.0 Å². The van der Waals surface area contributed by atoms with E-state index >= 15 is 0 Å². The van der Waals surface area contributed by atoms with E-state index in [-0.39, 0.29) is 34.8 Å². The largest absolute Gasteiger partial charge is 0.259 e. The number of aryl methyl sites for hydroxylation is 1. The van der Waals surface area contributed by atoms with Crippen molar-refractivity contribution in [2.45, 2.75) is 44.4 Å². The average Bonchev–Trinajstić information content (AvgIpc) is 3.50. The number of hydrogen-bond acceptors (Lipinski definition) is 8. The molecular weight excluding hydrogens is 512 g/mol. The number of hydrogen-bond donors (Lipinski definition) is 0. The number of sulfone groups is 1. The summed E-state index contributed by atoms with van der Waals surface area (Å²) in [5, 5.41) is 13.2. The molecule has 2 aliphatic carbocycles. The number of fused-ring (bicyclic) bond motifs is 5. The lowest BCUT2D eigenvalue weighted by molar-refractivity contribution is 0.242. The summed E-state index contributed by atoms with van der Waals surface area (Å²) in [7, 11) is -3.14. The van der Waals surface area contributed by atoms with E-state index in [4.69, 9.17) is 4.98 Å². The Morgan fingerprint density at radius 2 is 1.89 bits per heavy atom. The maximum absolute atomic E-state index is 14.5. The number of nitrogens with zero attached hydrogens (tertiary/aromatic N) is 7. The summed E-state index contributed by atoms with van der Waals surface area (Å²) in [5.41, 5.74) is 1.44. The fourth-order valence-corrected chi connectivity index (χ4v) is 6.78. The van der Waals surface area contributed by atoms with Crippen LogP contribution in [0.4, 0.5) is 8.78 Å². The highest BCUT2D eigenvalue weighted by molar-refractivity contribution is 7.90. The van der Waals surface area contributed by atoms with E-state index < -0.39 is 26.9 Å². The highest BCUT2D eigenvalue weighted by atomic mass is 32.2. The lowest BCUT2D eigenvalue weighted by atomic mass is 9.66. The van der Waals surface area contributed by atoms with Gasteiger partial charge in [0.1, 0.15) is 27.8 Å². The maximum atomic E-state index is 14.5. The lowest BCUT2D eigenvalue weighted by Crippen LogP contribution is -2.38. The van der Waals surface area contributed by atoms with Crippen LogP contribution in [-0.2, 0) is 21.7 Å². The molecule has 4 aromatic rings. The maximum Gasteiger partial charge on any atom is 0.173 e. The Morgan fingerprint density at radius 1 is 1.13 bits per heavy atom. The Kier molecular flexibility index (Phi) is 5.46. The topological polar surface area (TPSA) is 116 Å². The number of rotatable bonds is 6. The molecule has 3 aromatic heterocycles. The zero-order valence-electron chi connectivity index (χ0n) is 21.1. The van der Waals surface area contributed by atoms with Gasteiger partial charge in [0.05, 0.1) is 40.0 Å². The van der Waals surface area contributed by atoms with Crippen molar-refractivity contribution in [2.24, 2.45) is 5.41 Å². The van der Waals surface area contributed by atoms with Crippen molar-refractivity contribution in [3.8, 4) is 17.1 Å². The van der Waals surface area contributed by atoms with Crippen LogP contribution >= 0.6 is 0 Å². The molecule has 0 amide bonds. The first-order valence-electron chi connectivity index (χ1n) is 12.2. The fraction of sp³-hybridized carbons (Fsp3) is 0.385. The van der Waals surface area contributed by atoms with Crippen LogP contribution in [0.5, 0.6) is 0 Å². The quantitative estimate of drug-likeness (QED) is 0.366. The highest BCUT2D eigenvalue weighted by Gasteiger charge is 2.65. The van der Waals surface area contributed by atoms with Crippen molar-refractivity contribution in [3.63, 3.8) is 0 Å². The second-order valence-electron chi connectivity index (χ2n) is 10.6. The Hall–Kier alpha value is -3.67. The Labute approximate surface area is 218 Å². The summed E-state index contributed by atoms with van der Waals surface area (Å²) in [4.78, 5) is 13.6. The number of aromatic nitrogens is 7. The van der Waals surface area contributed by atoms with Gasteiger partial charge in [0.25, 0.3) is 0 Å². The van der Waals surface area contributed by atoms with E-state index in [1.807, 2.05) is 0 Å². The van der Waals surface area contributed by atoms with Crippen molar-refractivity contribution < 1.29 is 17.2 Å². The Morgan fingerprint density at radius 3 is 2.63 bits per heavy atom. The van der Waals surface area contributed by atoms with Gasteiger partial charge in [0.15, 0.2) is 11.6 Å². The smallest absolute Gasteiger partial charge is 0.173 e. The Balaban J connectivity index is 1.41. The van der Waals surface area contributed by atoms with Crippen molar-refractivity contribution in [1.82, 2.24) is 34.9 Å². The van der Waals surface area contributed by atoms with Crippen LogP contribution in [0.3, 0.4) is 0 Å². The molecule has 9 nitrogen and oxygen atoms in total. The lowest BCUT2D eigenvalue weighted by Gasteiger charge is -2.37. The second-order valence-corrected chi connectivity index (χ2v) is 12.9. The van der Waals surface area contributed by atoms with E-state index in [9.17, 15) is 17.2 Å². The molecule has 1 saturated carbocycles. The van der Waals surface area contributed by atoms with Gasteiger partial charge in [0, 0.05) is 18.9 Å². The predicted octanol–water partition coefficient (Wildman–Crippen LogP) is 3.58. The van der Waals surface area contributed by atoms with E-state index in [0.717, 1.165) is 24.1 Å². The average molecular weight is 538 g/mol. The molecule has 2 atom stereocenters. The van der Waals surface area contributed by atoms with Gasteiger partial charge in [0.2, 0.25) is 0 Å². The van der Waals surface area contributed by atoms with Gasteiger partial charge in [-0.2, -0.15) is 5.10 Å². The summed E-state index contributed by atoms with van der Waals surface area (Å²) in [5.74, 6) is -0.471. The second kappa shape index (κ2) is 8.42. The molecule has 0 saturated heterocycles. The van der Waals surface area contributed by atoms with Gasteiger partial charge in [-0.3, -0.25) is 4.98 Å². The molecule has 0 unspecified atom stereocenters. The molecular formula is C26H25F2N7O2S. The molecule has 6 rings (SSSR count). The summed E-state index contributed by atoms with van der Waals surface area (Å²) < 4.78 is 53.5. The fourth-order valence-electron chi connectivity index (χ4n) is 6.23. The van der Waals surface area contributed by atoms with E-state index in [1.54, 1.807) is 18.5 Å². The summed E-state index contributed by atoms with van der Waals surface area (Å²) in [6.07, 6.45) is 7.78. The molecule has 12 heteroatoms. The zero-order valence-corrected chi connectivity index (χ0v) is 21.9. The van der Waals surface area contributed by atoms with E-state index in [1.165, 1.54) is 35.5 Å². The van der Waals surface area contributed by atoms with Crippen LogP contribution in [0.25, 0.3) is 17.1 Å². The SMILES string of the molecule is CC1(C)[C@H]2CC[C@]1(c1cncc(-n3cnc(CCS(C)(=O)=O)n3)n1)c1nnc(-c3c(F)cccc3F)cc12. The molecule has 1 aromatic carbocycles. The van der Waals surface area contributed by atoms with Crippen molar-refractivity contribution >= 4 is 9.84 Å². The van der Waals surface area contributed by atoms with Gasteiger partial charge >= 0.3 is 0 Å². The molecule has 0 spiro atoms. The molecule has 0 radical (unpaired) electrons. The van der Waals surface area contributed by atoms with Gasteiger partial charge in [-0.1, -0.05) is 19.9 Å². The summed E-state index contributed by atoms with van der Waals surface area (Å²) in [6.45, 7) is 4.31. The van der Waals surface area contributed by atoms with Crippen LogP contribution < -0.4 is 0 Å². The minimum atomic E-state index is -3.14. The van der Waals surface area contributed by atoms with Gasteiger partial charge in [-0.15, -0.1) is 10.2 Å². The van der Waals surface area contributed by atoms with Crippen LogP contribution in [0, 0.1) is 17.0 Å². The van der Waals surface area contributed by atoms with Gasteiger partial charge in [-0.25, -0.2) is 31.8 Å². The van der Waals surface area contributed by atoms with Crippen LogP contribution in [-0.4, -0.2) is 55.4 Å². The first-order chi connectivity index (χ1) is 18.0. The van der Waals surface area contributed by atoms with E-state index in [0.29, 0.717) is 17.3 Å². The molecule has 1 fully saturated rings. The third kappa shape index (κ3) is 3.64. The summed E-state index contributed by atoms with van der Waals surface area (Å²) in [6, 6.07) is 5.51. The zero-order chi connectivity index (χ0) is 26.9. The third-order valence-corrected chi connectivity index (χ3v) is 9.08. The van der Waals surface area contributed by atoms with Crippen molar-refractivity contribution in [3.05, 3.63) is 77.4 Å². The van der Waals surface area contributed by atoms with Crippen LogP contribution in [0.2, 0.25) is 0 Å². The van der Waals surface area contributed by atoms with E-state index in [2.05, 4.69) is 39.1 Å². The molecule has 196 valence electrons. The standard InChI is InChI=1S/C26H25F2N7O2S/c1-25(2)16-7-9-26(25,24-15(16)11-19(32-33-24)23-17(27)5-4-6-18(23)28)20-12-29-13-22(31-20)35-14-30-21(34-35)8-10-38(3,36)37/h4-6,11-14,16H,7-10H2,1-3H3/t16-,26-/m0/s1. The molecule has 0 N–H and O–H groups in total. The minimum absolute atomic E-state index is 0.0460. The number of halogens is 2. The molecule has 2 bridgehead atoms. The molecule has 3 heterocycles. The van der Waals surface area contributed by atoms with Gasteiger partial charge < -0.3 is 0 Å². The normalized spacial score (nSPS) is 21.6. The minimum Gasteiger partial charge on any atom is -0.259 e. The predicted molar refractivity (Wildman–Crippen MR) is 134 cm³/mol. The third-order valence-electron chi connectivity index (χ3n) is 8.13. The van der Waals surface area contributed by atoms with Crippen LogP contribution in [0.15, 0.2) is 43.0 Å².